The Kier molecular flexibility index (Phi) is 1.51. The summed E-state index contributed by atoms with van der Waals surface area (Å²) < 4.78 is 2.10. The third kappa shape index (κ3) is 1.01. The van der Waals surface area contributed by atoms with E-state index < -0.39 is 0 Å². The van der Waals surface area contributed by atoms with Gasteiger partial charge in [-0.05, 0) is 12.1 Å². The standard InChI is InChI=1S/C10H6O2S2/c11-9-3-5-6-4-10(12)14-8(6)2-1-7(5)13-9/h1-4,11-12H. The summed E-state index contributed by atoms with van der Waals surface area (Å²) in [5.41, 5.74) is 0. The fraction of sp³-hybridized carbons (Fsp3) is 0. The third-order valence-electron chi connectivity index (χ3n) is 2.17. The van der Waals surface area contributed by atoms with Crippen molar-refractivity contribution in [1.82, 2.24) is 0 Å². The minimum Gasteiger partial charge on any atom is -0.499 e. The maximum absolute atomic E-state index is 9.38. The minimum absolute atomic E-state index is 0.318. The molecule has 2 N–H and O–H groups in total. The highest BCUT2D eigenvalue weighted by molar-refractivity contribution is 7.22. The van der Waals surface area contributed by atoms with Crippen LogP contribution in [0.4, 0.5) is 0 Å². The summed E-state index contributed by atoms with van der Waals surface area (Å²) in [4.78, 5) is 0. The summed E-state index contributed by atoms with van der Waals surface area (Å²) in [7, 11) is 0. The molecule has 0 bridgehead atoms. The van der Waals surface area contributed by atoms with E-state index in [0.717, 1.165) is 20.2 Å². The van der Waals surface area contributed by atoms with E-state index in [9.17, 15) is 10.2 Å². The first-order valence-electron chi connectivity index (χ1n) is 4.08. The molecule has 3 rings (SSSR count). The van der Waals surface area contributed by atoms with Crippen LogP contribution in [0.15, 0.2) is 24.3 Å². The van der Waals surface area contributed by atoms with Crippen LogP contribution in [-0.4, -0.2) is 10.2 Å². The Morgan fingerprint density at radius 2 is 1.21 bits per heavy atom. The molecule has 0 aliphatic heterocycles. The van der Waals surface area contributed by atoms with Crippen LogP contribution < -0.4 is 0 Å². The van der Waals surface area contributed by atoms with E-state index >= 15 is 0 Å². The molecule has 0 saturated heterocycles. The molecule has 0 radical (unpaired) electrons. The SMILES string of the molecule is Oc1cc2c(ccc3sc(O)cc32)s1. The van der Waals surface area contributed by atoms with Crippen LogP contribution in [0.5, 0.6) is 10.1 Å². The zero-order valence-corrected chi connectivity index (χ0v) is 8.65. The lowest BCUT2D eigenvalue weighted by Gasteiger charge is -1.89. The third-order valence-corrected chi connectivity index (χ3v) is 3.98. The van der Waals surface area contributed by atoms with Crippen molar-refractivity contribution in [3.05, 3.63) is 24.3 Å². The van der Waals surface area contributed by atoms with Crippen molar-refractivity contribution in [3.63, 3.8) is 0 Å². The van der Waals surface area contributed by atoms with E-state index in [2.05, 4.69) is 0 Å². The molecule has 0 aliphatic rings. The molecule has 0 saturated carbocycles. The van der Waals surface area contributed by atoms with Crippen LogP contribution in [0.1, 0.15) is 0 Å². The summed E-state index contributed by atoms with van der Waals surface area (Å²) >= 11 is 2.71. The van der Waals surface area contributed by atoms with Crippen LogP contribution in [0.2, 0.25) is 0 Å². The molecule has 0 atom stereocenters. The molecule has 0 fully saturated rings. The van der Waals surface area contributed by atoms with Crippen LogP contribution >= 0.6 is 22.7 Å². The van der Waals surface area contributed by atoms with Gasteiger partial charge < -0.3 is 10.2 Å². The second kappa shape index (κ2) is 2.62. The van der Waals surface area contributed by atoms with Gasteiger partial charge in [0, 0.05) is 32.3 Å². The second-order valence-electron chi connectivity index (χ2n) is 3.06. The number of hydrogen-bond donors (Lipinski definition) is 2. The first-order valence-corrected chi connectivity index (χ1v) is 5.71. The molecule has 70 valence electrons. The Balaban J connectivity index is 2.58. The van der Waals surface area contributed by atoms with Crippen LogP contribution in [-0.2, 0) is 0 Å². The van der Waals surface area contributed by atoms with Gasteiger partial charge in [0.15, 0.2) is 10.1 Å². The smallest absolute Gasteiger partial charge is 0.172 e. The lowest BCUT2D eigenvalue weighted by Crippen LogP contribution is -1.63. The van der Waals surface area contributed by atoms with Gasteiger partial charge in [-0.2, -0.15) is 0 Å². The Hall–Kier alpha value is -1.26. The fourth-order valence-corrected chi connectivity index (χ4v) is 3.24. The molecule has 0 unspecified atom stereocenters. The second-order valence-corrected chi connectivity index (χ2v) is 5.18. The minimum atomic E-state index is 0.318. The van der Waals surface area contributed by atoms with Crippen molar-refractivity contribution in [2.24, 2.45) is 0 Å². The normalized spacial score (nSPS) is 11.4. The van der Waals surface area contributed by atoms with Crippen LogP contribution in [0.25, 0.3) is 20.2 Å². The summed E-state index contributed by atoms with van der Waals surface area (Å²) in [5, 5.41) is 21.4. The average molecular weight is 222 g/mol. The van der Waals surface area contributed by atoms with Gasteiger partial charge in [-0.15, -0.1) is 0 Å². The molecule has 14 heavy (non-hydrogen) atoms. The van der Waals surface area contributed by atoms with Gasteiger partial charge in [-0.1, -0.05) is 22.7 Å². The first-order chi connectivity index (χ1) is 6.74. The number of rotatable bonds is 0. The predicted molar refractivity (Wildman–Crippen MR) is 60.5 cm³/mol. The fourth-order valence-electron chi connectivity index (χ4n) is 1.60. The van der Waals surface area contributed by atoms with Crippen LogP contribution in [0.3, 0.4) is 0 Å². The highest BCUT2D eigenvalue weighted by Crippen LogP contribution is 2.40. The average Bonchev–Trinajstić information content (AvgIpc) is 2.65. The van der Waals surface area contributed by atoms with E-state index in [0.29, 0.717) is 10.1 Å². The van der Waals surface area contributed by atoms with Gasteiger partial charge >= 0.3 is 0 Å². The van der Waals surface area contributed by atoms with E-state index in [1.54, 1.807) is 12.1 Å². The van der Waals surface area contributed by atoms with Crippen molar-refractivity contribution in [2.45, 2.75) is 0 Å². The molecule has 3 aromatic rings. The molecule has 0 amide bonds. The van der Waals surface area contributed by atoms with Crippen molar-refractivity contribution in [2.75, 3.05) is 0 Å². The molecular weight excluding hydrogens is 216 g/mol. The van der Waals surface area contributed by atoms with Crippen molar-refractivity contribution >= 4 is 42.8 Å². The number of fused-ring (bicyclic) bond motifs is 3. The zero-order valence-electron chi connectivity index (χ0n) is 7.02. The molecule has 0 aliphatic carbocycles. The molecule has 2 aromatic heterocycles. The van der Waals surface area contributed by atoms with E-state index in [4.69, 9.17) is 0 Å². The predicted octanol–water partition coefficient (Wildman–Crippen LogP) is 3.53. The van der Waals surface area contributed by atoms with Crippen molar-refractivity contribution in [1.29, 1.82) is 0 Å². The first kappa shape index (κ1) is 8.08. The Morgan fingerprint density at radius 1 is 0.786 bits per heavy atom. The maximum atomic E-state index is 9.38. The van der Waals surface area contributed by atoms with E-state index in [1.165, 1.54) is 22.7 Å². The monoisotopic (exact) mass is 222 g/mol. The highest BCUT2D eigenvalue weighted by atomic mass is 32.1. The Morgan fingerprint density at radius 3 is 1.64 bits per heavy atom. The van der Waals surface area contributed by atoms with Crippen molar-refractivity contribution < 1.29 is 10.2 Å². The number of hydrogen-bond acceptors (Lipinski definition) is 4. The van der Waals surface area contributed by atoms with Gasteiger partial charge in [-0.25, -0.2) is 0 Å². The highest BCUT2D eigenvalue weighted by Gasteiger charge is 2.07. The molecule has 4 heteroatoms. The summed E-state index contributed by atoms with van der Waals surface area (Å²) in [6.45, 7) is 0. The molecule has 0 spiro atoms. The Bertz CT molecular complexity index is 566. The quantitative estimate of drug-likeness (QED) is 0.611. The largest absolute Gasteiger partial charge is 0.499 e. The number of thiophene rings is 2. The molecular formula is C10H6O2S2. The van der Waals surface area contributed by atoms with Crippen molar-refractivity contribution in [3.8, 4) is 10.1 Å². The number of aromatic hydroxyl groups is 2. The van der Waals surface area contributed by atoms with Crippen LogP contribution in [0, 0.1) is 0 Å². The zero-order chi connectivity index (χ0) is 9.71. The lowest BCUT2D eigenvalue weighted by molar-refractivity contribution is 0.490. The topological polar surface area (TPSA) is 40.5 Å². The molecule has 2 heterocycles. The van der Waals surface area contributed by atoms with E-state index in [1.807, 2.05) is 12.1 Å². The number of benzene rings is 1. The molecule has 1 aromatic carbocycles. The summed E-state index contributed by atoms with van der Waals surface area (Å²) in [6, 6.07) is 7.43. The maximum Gasteiger partial charge on any atom is 0.172 e. The lowest BCUT2D eigenvalue weighted by atomic mass is 10.2. The van der Waals surface area contributed by atoms with E-state index in [-0.39, 0.29) is 0 Å². The van der Waals surface area contributed by atoms with Gasteiger partial charge in [0.25, 0.3) is 0 Å². The Labute approximate surface area is 87.7 Å². The van der Waals surface area contributed by atoms with Gasteiger partial charge in [-0.3, -0.25) is 0 Å². The van der Waals surface area contributed by atoms with Gasteiger partial charge in [0.05, 0.1) is 0 Å². The summed E-state index contributed by atoms with van der Waals surface area (Å²) in [5.74, 6) is 0. The summed E-state index contributed by atoms with van der Waals surface area (Å²) in [6.07, 6.45) is 0. The van der Waals surface area contributed by atoms with Gasteiger partial charge in [0.2, 0.25) is 0 Å². The van der Waals surface area contributed by atoms with Gasteiger partial charge in [0.1, 0.15) is 0 Å². The molecule has 2 nitrogen and oxygen atoms in total.